The van der Waals surface area contributed by atoms with Gasteiger partial charge in [0, 0.05) is 47.9 Å². The van der Waals surface area contributed by atoms with Gasteiger partial charge in [-0.2, -0.15) is 0 Å². The molecule has 0 fully saturated rings. The van der Waals surface area contributed by atoms with Crippen molar-refractivity contribution in [2.24, 2.45) is 0 Å². The highest BCUT2D eigenvalue weighted by Gasteiger charge is 2.22. The van der Waals surface area contributed by atoms with Crippen molar-refractivity contribution >= 4 is 54.2 Å². The quantitative estimate of drug-likeness (QED) is 0.269. The first-order valence-electron chi connectivity index (χ1n) is 11.4. The summed E-state index contributed by atoms with van der Waals surface area (Å²) >= 11 is 1.87. The highest BCUT2D eigenvalue weighted by Crippen LogP contribution is 2.44. The highest BCUT2D eigenvalue weighted by molar-refractivity contribution is 7.26. The van der Waals surface area contributed by atoms with Crippen molar-refractivity contribution in [3.63, 3.8) is 0 Å². The van der Waals surface area contributed by atoms with Crippen molar-refractivity contribution in [2.75, 3.05) is 5.73 Å². The number of thiophene rings is 1. The first kappa shape index (κ1) is 18.7. The summed E-state index contributed by atoms with van der Waals surface area (Å²) in [7, 11) is 0. The van der Waals surface area contributed by atoms with Crippen LogP contribution in [0.15, 0.2) is 91.0 Å². The Kier molecular flexibility index (Phi) is 4.02. The molecule has 0 radical (unpaired) electrons. The average Bonchev–Trinajstić information content (AvgIpc) is 3.40. The minimum absolute atomic E-state index is 0.809. The summed E-state index contributed by atoms with van der Waals surface area (Å²) in [5.41, 5.74) is 15.0. The van der Waals surface area contributed by atoms with E-state index in [-0.39, 0.29) is 0 Å². The number of nitrogens with two attached hydrogens (primary N) is 1. The number of hydrogen-bond acceptors (Lipinski definition) is 2. The minimum Gasteiger partial charge on any atom is -0.397 e. The van der Waals surface area contributed by atoms with Gasteiger partial charge >= 0.3 is 0 Å². The van der Waals surface area contributed by atoms with E-state index in [1.807, 2.05) is 17.4 Å². The van der Waals surface area contributed by atoms with E-state index in [9.17, 15) is 0 Å². The molecule has 6 aromatic rings. The van der Waals surface area contributed by atoms with Crippen LogP contribution in [0.1, 0.15) is 17.7 Å². The second kappa shape index (κ2) is 7.09. The van der Waals surface area contributed by atoms with E-state index >= 15 is 0 Å². The van der Waals surface area contributed by atoms with Gasteiger partial charge in [-0.15, -0.1) is 11.3 Å². The van der Waals surface area contributed by atoms with Crippen LogP contribution in [0, 0.1) is 0 Å². The van der Waals surface area contributed by atoms with Gasteiger partial charge < -0.3 is 10.3 Å². The van der Waals surface area contributed by atoms with Crippen molar-refractivity contribution in [1.82, 2.24) is 4.57 Å². The summed E-state index contributed by atoms with van der Waals surface area (Å²) in [6, 6.07) is 30.4. The monoisotopic (exact) mass is 442 g/mol. The molecule has 1 aliphatic rings. The summed E-state index contributed by atoms with van der Waals surface area (Å²) in [6.45, 7) is 0. The predicted octanol–water partition coefficient (Wildman–Crippen LogP) is 8.21. The number of allylic oxidation sites excluding steroid dienone is 1. The summed E-state index contributed by atoms with van der Waals surface area (Å²) in [6.07, 6.45) is 6.63. The van der Waals surface area contributed by atoms with Crippen LogP contribution in [0.2, 0.25) is 0 Å². The zero-order valence-electron chi connectivity index (χ0n) is 18.1. The van der Waals surface area contributed by atoms with Crippen LogP contribution in [-0.4, -0.2) is 4.57 Å². The van der Waals surface area contributed by atoms with Crippen LogP contribution in [-0.2, 0) is 6.42 Å². The largest absolute Gasteiger partial charge is 0.397 e. The Morgan fingerprint density at radius 1 is 0.727 bits per heavy atom. The molecule has 2 aromatic heterocycles. The Morgan fingerprint density at radius 3 is 2.42 bits per heavy atom. The van der Waals surface area contributed by atoms with E-state index in [1.165, 1.54) is 53.5 Å². The smallest absolute Gasteiger partial charge is 0.0768 e. The third-order valence-electron chi connectivity index (χ3n) is 6.83. The Morgan fingerprint density at radius 2 is 1.48 bits per heavy atom. The number of benzene rings is 4. The SMILES string of the molecule is Nc1cccc(-c2cccc3c2sc2ccccc23)c1-n1c2c(c3ccccc31)C=CCC2. The van der Waals surface area contributed by atoms with E-state index in [4.69, 9.17) is 5.73 Å². The maximum Gasteiger partial charge on any atom is 0.0768 e. The van der Waals surface area contributed by atoms with Gasteiger partial charge in [0.05, 0.1) is 16.9 Å². The third kappa shape index (κ3) is 2.66. The lowest BCUT2D eigenvalue weighted by molar-refractivity contribution is 0.890. The Hall–Kier alpha value is -3.82. The lowest BCUT2D eigenvalue weighted by Gasteiger charge is -2.19. The Balaban J connectivity index is 1.60. The fourth-order valence-corrected chi connectivity index (χ4v) is 6.64. The Labute approximate surface area is 196 Å². The molecule has 0 unspecified atom stereocenters. The molecule has 158 valence electrons. The van der Waals surface area contributed by atoms with Crippen molar-refractivity contribution in [2.45, 2.75) is 12.8 Å². The first-order chi connectivity index (χ1) is 16.3. The van der Waals surface area contributed by atoms with E-state index in [2.05, 4.69) is 95.6 Å². The number of anilines is 1. The van der Waals surface area contributed by atoms with Crippen molar-refractivity contribution in [3.05, 3.63) is 102 Å². The van der Waals surface area contributed by atoms with E-state index in [1.54, 1.807) is 0 Å². The first-order valence-corrected chi connectivity index (χ1v) is 12.2. The fraction of sp³-hybridized carbons (Fsp3) is 0.0667. The number of rotatable bonds is 2. The molecule has 2 nitrogen and oxygen atoms in total. The van der Waals surface area contributed by atoms with Crippen molar-refractivity contribution in [1.29, 1.82) is 0 Å². The zero-order chi connectivity index (χ0) is 21.9. The topological polar surface area (TPSA) is 30.9 Å². The average molecular weight is 443 g/mol. The molecule has 33 heavy (non-hydrogen) atoms. The molecule has 1 aliphatic carbocycles. The number of fused-ring (bicyclic) bond motifs is 6. The van der Waals surface area contributed by atoms with Crippen LogP contribution < -0.4 is 5.73 Å². The summed E-state index contributed by atoms with van der Waals surface area (Å²) < 4.78 is 5.06. The van der Waals surface area contributed by atoms with Crippen LogP contribution in [0.4, 0.5) is 5.69 Å². The molecule has 2 heterocycles. The van der Waals surface area contributed by atoms with Crippen molar-refractivity contribution < 1.29 is 0 Å². The second-order valence-corrected chi connectivity index (χ2v) is 9.73. The standard InChI is InChI=1S/C30H22N2S/c31-25-15-8-12-22(24-14-7-13-23-21-11-3-6-18-28(21)33-30(23)24)29(25)32-26-16-4-1-9-19(26)20-10-2-5-17-27(20)32/h1-4,6-16,18H,5,17,31H2. The predicted molar refractivity (Wildman–Crippen MR) is 143 cm³/mol. The van der Waals surface area contributed by atoms with E-state index in [0.717, 1.165) is 24.2 Å². The molecule has 0 bridgehead atoms. The van der Waals surface area contributed by atoms with Gasteiger partial charge in [-0.05, 0) is 31.0 Å². The lowest BCUT2D eigenvalue weighted by atomic mass is 9.99. The molecular formula is C30H22N2S. The molecule has 0 amide bonds. The number of para-hydroxylation sites is 2. The number of nitrogens with zero attached hydrogens (tertiary/aromatic N) is 1. The minimum atomic E-state index is 0.809. The van der Waals surface area contributed by atoms with Gasteiger partial charge in [0.15, 0.2) is 0 Å². The number of hydrogen-bond donors (Lipinski definition) is 1. The normalized spacial score (nSPS) is 13.2. The van der Waals surface area contributed by atoms with Gasteiger partial charge in [-0.3, -0.25) is 0 Å². The molecule has 3 heteroatoms. The summed E-state index contributed by atoms with van der Waals surface area (Å²) in [5.74, 6) is 0. The van der Waals surface area contributed by atoms with Gasteiger partial charge in [0.2, 0.25) is 0 Å². The van der Waals surface area contributed by atoms with E-state index < -0.39 is 0 Å². The maximum atomic E-state index is 6.76. The molecule has 7 rings (SSSR count). The molecule has 0 atom stereocenters. The molecule has 4 aromatic carbocycles. The molecule has 0 saturated carbocycles. The fourth-order valence-electron chi connectivity index (χ4n) is 5.41. The zero-order valence-corrected chi connectivity index (χ0v) is 18.9. The van der Waals surface area contributed by atoms with Crippen molar-refractivity contribution in [3.8, 4) is 16.8 Å². The summed E-state index contributed by atoms with van der Waals surface area (Å²) in [5, 5.41) is 3.92. The van der Waals surface area contributed by atoms with E-state index in [0.29, 0.717) is 0 Å². The van der Waals surface area contributed by atoms with Gasteiger partial charge in [0.25, 0.3) is 0 Å². The highest BCUT2D eigenvalue weighted by atomic mass is 32.1. The maximum absolute atomic E-state index is 6.76. The molecule has 0 aliphatic heterocycles. The molecule has 0 saturated heterocycles. The van der Waals surface area contributed by atoms with Crippen LogP contribution in [0.3, 0.4) is 0 Å². The number of aromatic nitrogens is 1. The van der Waals surface area contributed by atoms with Gasteiger partial charge in [-0.25, -0.2) is 0 Å². The van der Waals surface area contributed by atoms with Crippen LogP contribution in [0.5, 0.6) is 0 Å². The Bertz CT molecular complexity index is 1730. The molecule has 0 spiro atoms. The van der Waals surface area contributed by atoms with Crippen LogP contribution >= 0.6 is 11.3 Å². The number of nitrogen functional groups attached to an aromatic ring is 1. The van der Waals surface area contributed by atoms with Crippen LogP contribution in [0.25, 0.3) is 54.0 Å². The van der Waals surface area contributed by atoms with Gasteiger partial charge in [-0.1, -0.05) is 78.9 Å². The molecule has 2 N–H and O–H groups in total. The molecular weight excluding hydrogens is 420 g/mol. The summed E-state index contributed by atoms with van der Waals surface area (Å²) in [4.78, 5) is 0. The lowest BCUT2D eigenvalue weighted by Crippen LogP contribution is -2.07. The van der Waals surface area contributed by atoms with Gasteiger partial charge in [0.1, 0.15) is 0 Å². The second-order valence-electron chi connectivity index (χ2n) is 8.68. The third-order valence-corrected chi connectivity index (χ3v) is 8.05.